The number of benzene rings is 1. The summed E-state index contributed by atoms with van der Waals surface area (Å²) in [4.78, 5) is 24.4. The summed E-state index contributed by atoms with van der Waals surface area (Å²) >= 11 is 11.8. The highest BCUT2D eigenvalue weighted by Crippen LogP contribution is 2.25. The average Bonchev–Trinajstić information content (AvgIpc) is 2.33. The number of carbonyl (C=O) groups is 2. The summed E-state index contributed by atoms with van der Waals surface area (Å²) in [5, 5.41) is 12.5. The number of halogens is 2. The molecule has 1 aromatic carbocycles. The highest BCUT2D eigenvalue weighted by Gasteiger charge is 2.33. The monoisotopic (exact) mass is 318 g/mol. The van der Waals surface area contributed by atoms with Gasteiger partial charge in [-0.05, 0) is 39.1 Å². The van der Waals surface area contributed by atoms with Crippen LogP contribution in [0.15, 0.2) is 18.2 Å². The Morgan fingerprint density at radius 3 is 2.50 bits per heavy atom. The molecule has 0 unspecified atom stereocenters. The second kappa shape index (κ2) is 6.43. The Bertz CT molecular complexity index is 532. The van der Waals surface area contributed by atoms with E-state index in [9.17, 15) is 9.59 Å². The van der Waals surface area contributed by atoms with Gasteiger partial charge >= 0.3 is 5.97 Å². The van der Waals surface area contributed by atoms with E-state index < -0.39 is 11.5 Å². The molecule has 0 heterocycles. The number of amides is 1. The van der Waals surface area contributed by atoms with Crippen molar-refractivity contribution in [2.75, 3.05) is 18.9 Å². The van der Waals surface area contributed by atoms with Crippen LogP contribution >= 0.6 is 23.2 Å². The molecule has 1 rings (SSSR count). The maximum absolute atomic E-state index is 11.9. The van der Waals surface area contributed by atoms with Gasteiger partial charge < -0.3 is 10.4 Å². The number of carboxylic acid groups (broad SMARTS) is 1. The van der Waals surface area contributed by atoms with Crippen molar-refractivity contribution in [1.82, 2.24) is 4.90 Å². The second-order valence-electron chi connectivity index (χ2n) is 4.89. The minimum Gasteiger partial charge on any atom is -0.480 e. The lowest BCUT2D eigenvalue weighted by Crippen LogP contribution is -2.50. The molecular formula is C13H16Cl2N2O3. The molecule has 0 radical (unpaired) electrons. The first-order valence-corrected chi connectivity index (χ1v) is 6.59. The van der Waals surface area contributed by atoms with Gasteiger partial charge in [-0.25, -0.2) is 0 Å². The quantitative estimate of drug-likeness (QED) is 0.875. The number of hydrogen-bond donors (Lipinski definition) is 2. The zero-order valence-electron chi connectivity index (χ0n) is 11.4. The van der Waals surface area contributed by atoms with Crippen molar-refractivity contribution < 1.29 is 14.7 Å². The molecule has 2 N–H and O–H groups in total. The van der Waals surface area contributed by atoms with Crippen LogP contribution in [-0.2, 0) is 9.59 Å². The summed E-state index contributed by atoms with van der Waals surface area (Å²) in [6.07, 6.45) is 0. The van der Waals surface area contributed by atoms with Crippen molar-refractivity contribution in [3.63, 3.8) is 0 Å². The van der Waals surface area contributed by atoms with Crippen LogP contribution in [0.4, 0.5) is 5.69 Å². The number of rotatable bonds is 5. The molecule has 7 heteroatoms. The molecule has 0 fully saturated rings. The van der Waals surface area contributed by atoms with Crippen molar-refractivity contribution in [3.8, 4) is 0 Å². The maximum Gasteiger partial charge on any atom is 0.323 e. The molecule has 1 amide bonds. The van der Waals surface area contributed by atoms with E-state index in [1.54, 1.807) is 19.2 Å². The Labute approximate surface area is 127 Å². The highest BCUT2D eigenvalue weighted by molar-refractivity contribution is 6.35. The van der Waals surface area contributed by atoms with E-state index in [1.807, 2.05) is 0 Å². The van der Waals surface area contributed by atoms with Crippen LogP contribution in [0.25, 0.3) is 0 Å². The Kier molecular flexibility index (Phi) is 5.39. The van der Waals surface area contributed by atoms with Gasteiger partial charge in [-0.1, -0.05) is 23.2 Å². The lowest BCUT2D eigenvalue weighted by Gasteiger charge is -2.30. The minimum absolute atomic E-state index is 0.0812. The van der Waals surface area contributed by atoms with Crippen molar-refractivity contribution in [1.29, 1.82) is 0 Å². The van der Waals surface area contributed by atoms with Gasteiger partial charge in [0.15, 0.2) is 0 Å². The first-order valence-electron chi connectivity index (χ1n) is 5.84. The molecule has 0 saturated heterocycles. The van der Waals surface area contributed by atoms with Crippen LogP contribution in [0.5, 0.6) is 0 Å². The predicted octanol–water partition coefficient (Wildman–Crippen LogP) is 2.73. The van der Waals surface area contributed by atoms with Crippen LogP contribution in [-0.4, -0.2) is 41.0 Å². The van der Waals surface area contributed by atoms with Gasteiger partial charge in [0.25, 0.3) is 0 Å². The van der Waals surface area contributed by atoms with Crippen LogP contribution in [0.3, 0.4) is 0 Å². The van der Waals surface area contributed by atoms with E-state index in [0.717, 1.165) is 0 Å². The van der Waals surface area contributed by atoms with Gasteiger partial charge in [0.1, 0.15) is 5.54 Å². The Morgan fingerprint density at radius 2 is 1.95 bits per heavy atom. The lowest BCUT2D eigenvalue weighted by atomic mass is 10.0. The third-order valence-electron chi connectivity index (χ3n) is 3.06. The molecule has 0 aliphatic carbocycles. The Balaban J connectivity index is 2.73. The summed E-state index contributed by atoms with van der Waals surface area (Å²) in [7, 11) is 1.56. The summed E-state index contributed by atoms with van der Waals surface area (Å²) < 4.78 is 0. The van der Waals surface area contributed by atoms with E-state index in [2.05, 4.69) is 5.32 Å². The SMILES string of the molecule is CN(CC(=O)Nc1cc(Cl)ccc1Cl)C(C)(C)C(=O)O. The topological polar surface area (TPSA) is 69.6 Å². The molecule has 1 aromatic rings. The van der Waals surface area contributed by atoms with Gasteiger partial charge in [0.05, 0.1) is 17.3 Å². The summed E-state index contributed by atoms with van der Waals surface area (Å²) in [5.41, 5.74) is -0.749. The average molecular weight is 319 g/mol. The molecule has 0 saturated carbocycles. The number of hydrogen-bond acceptors (Lipinski definition) is 3. The van der Waals surface area contributed by atoms with Gasteiger partial charge in [-0.2, -0.15) is 0 Å². The molecule has 0 aliphatic heterocycles. The molecule has 0 spiro atoms. The first-order chi connectivity index (χ1) is 9.14. The van der Waals surface area contributed by atoms with Gasteiger partial charge in [-0.15, -0.1) is 0 Å². The minimum atomic E-state index is -1.14. The number of nitrogens with one attached hydrogen (secondary N) is 1. The maximum atomic E-state index is 11.9. The highest BCUT2D eigenvalue weighted by atomic mass is 35.5. The number of carboxylic acids is 1. The fourth-order valence-electron chi connectivity index (χ4n) is 1.36. The number of carbonyl (C=O) groups excluding carboxylic acids is 1. The molecule has 0 bridgehead atoms. The Hall–Kier alpha value is -1.30. The molecular weight excluding hydrogens is 303 g/mol. The van der Waals surface area contributed by atoms with E-state index in [0.29, 0.717) is 15.7 Å². The second-order valence-corrected chi connectivity index (χ2v) is 5.74. The Morgan fingerprint density at radius 1 is 1.35 bits per heavy atom. The van der Waals surface area contributed by atoms with Crippen molar-refractivity contribution in [2.45, 2.75) is 19.4 Å². The lowest BCUT2D eigenvalue weighted by molar-refractivity contribution is -0.148. The van der Waals surface area contributed by atoms with Crippen molar-refractivity contribution in [2.24, 2.45) is 0 Å². The summed E-state index contributed by atoms with van der Waals surface area (Å²) in [6, 6.07) is 4.72. The normalized spacial score (nSPS) is 11.5. The van der Waals surface area contributed by atoms with Gasteiger partial charge in [0, 0.05) is 5.02 Å². The predicted molar refractivity (Wildman–Crippen MR) is 79.4 cm³/mol. The standard InChI is InChI=1S/C13H16Cl2N2O3/c1-13(2,12(19)20)17(3)7-11(18)16-10-6-8(14)4-5-9(10)15/h4-6H,7H2,1-3H3,(H,16,18)(H,19,20). The molecule has 110 valence electrons. The smallest absolute Gasteiger partial charge is 0.323 e. The molecule has 0 atom stereocenters. The zero-order chi connectivity index (χ0) is 15.5. The van der Waals surface area contributed by atoms with Crippen LogP contribution in [0.2, 0.25) is 10.0 Å². The first kappa shape index (κ1) is 16.8. The number of anilines is 1. The third kappa shape index (κ3) is 4.10. The largest absolute Gasteiger partial charge is 0.480 e. The van der Waals surface area contributed by atoms with Crippen molar-refractivity contribution in [3.05, 3.63) is 28.2 Å². The molecule has 20 heavy (non-hydrogen) atoms. The summed E-state index contributed by atoms with van der Waals surface area (Å²) in [6.45, 7) is 2.96. The van der Waals surface area contributed by atoms with Crippen LogP contribution < -0.4 is 5.32 Å². The fraction of sp³-hybridized carbons (Fsp3) is 0.385. The van der Waals surface area contributed by atoms with E-state index in [-0.39, 0.29) is 12.5 Å². The van der Waals surface area contributed by atoms with Gasteiger partial charge in [0.2, 0.25) is 5.91 Å². The van der Waals surface area contributed by atoms with Crippen LogP contribution in [0.1, 0.15) is 13.8 Å². The van der Waals surface area contributed by atoms with Crippen LogP contribution in [0, 0.1) is 0 Å². The summed E-state index contributed by atoms with van der Waals surface area (Å²) in [5.74, 6) is -1.38. The fourth-order valence-corrected chi connectivity index (χ4v) is 1.70. The molecule has 5 nitrogen and oxygen atoms in total. The van der Waals surface area contributed by atoms with E-state index >= 15 is 0 Å². The number of aliphatic carboxylic acids is 1. The molecule has 0 aliphatic rings. The molecule has 0 aromatic heterocycles. The number of likely N-dealkylation sites (N-methyl/N-ethyl adjacent to an activating group) is 1. The van der Waals surface area contributed by atoms with Crippen molar-refractivity contribution >= 4 is 40.8 Å². The third-order valence-corrected chi connectivity index (χ3v) is 3.63. The van der Waals surface area contributed by atoms with E-state index in [4.69, 9.17) is 28.3 Å². The van der Waals surface area contributed by atoms with Gasteiger partial charge in [-0.3, -0.25) is 14.5 Å². The zero-order valence-corrected chi connectivity index (χ0v) is 12.9. The van der Waals surface area contributed by atoms with E-state index in [1.165, 1.54) is 24.8 Å². The number of nitrogens with zero attached hydrogens (tertiary/aromatic N) is 1.